The smallest absolute Gasteiger partial charge is 0.308 e. The maximum atomic E-state index is 13.2. The Bertz CT molecular complexity index is 1300. The maximum absolute atomic E-state index is 13.2. The van der Waals surface area contributed by atoms with E-state index in [4.69, 9.17) is 4.74 Å². The summed E-state index contributed by atoms with van der Waals surface area (Å²) in [5, 5.41) is 4.51. The van der Waals surface area contributed by atoms with Gasteiger partial charge in [-0.15, -0.1) is 11.8 Å². The van der Waals surface area contributed by atoms with Gasteiger partial charge in [0.25, 0.3) is 0 Å². The number of aryl methyl sites for hydroxylation is 1. The number of hydrogen-bond donors (Lipinski definition) is 1. The van der Waals surface area contributed by atoms with Crippen LogP contribution < -0.4 is 14.9 Å². The Hall–Kier alpha value is -2.51. The molecule has 34 heavy (non-hydrogen) atoms. The number of thiazole rings is 1. The van der Waals surface area contributed by atoms with Gasteiger partial charge >= 0.3 is 4.87 Å². The van der Waals surface area contributed by atoms with Gasteiger partial charge in [0, 0.05) is 21.7 Å². The number of nitrogens with zero attached hydrogens (tertiary/aromatic N) is 1. The summed E-state index contributed by atoms with van der Waals surface area (Å²) >= 11 is 3.20. The summed E-state index contributed by atoms with van der Waals surface area (Å²) in [6.07, 6.45) is 3.87. The number of hydrogen-bond acceptors (Lipinski definition) is 5. The summed E-state index contributed by atoms with van der Waals surface area (Å²) in [5.74, 6) is 2.87. The zero-order chi connectivity index (χ0) is 23.4. The van der Waals surface area contributed by atoms with Gasteiger partial charge < -0.3 is 10.1 Å². The molecule has 6 rings (SSSR count). The molecule has 176 valence electrons. The molecule has 0 radical (unpaired) electrons. The van der Waals surface area contributed by atoms with Crippen LogP contribution in [0.3, 0.4) is 0 Å². The Labute approximate surface area is 207 Å². The fourth-order valence-electron chi connectivity index (χ4n) is 6.32. The number of anilines is 1. The summed E-state index contributed by atoms with van der Waals surface area (Å²) in [6.45, 7) is 2.02. The molecule has 0 spiro atoms. The Morgan fingerprint density at radius 3 is 2.65 bits per heavy atom. The monoisotopic (exact) mass is 492 g/mol. The van der Waals surface area contributed by atoms with Crippen LogP contribution in [0.15, 0.2) is 58.4 Å². The van der Waals surface area contributed by atoms with E-state index >= 15 is 0 Å². The second-order valence-corrected chi connectivity index (χ2v) is 11.9. The summed E-state index contributed by atoms with van der Waals surface area (Å²) in [6, 6.07) is 16.1. The molecular formula is C27H28N2O3S2. The van der Waals surface area contributed by atoms with Gasteiger partial charge in [-0.3, -0.25) is 14.2 Å². The van der Waals surface area contributed by atoms with Crippen LogP contribution in [0.5, 0.6) is 5.75 Å². The number of thioether (sulfide) groups is 1. The van der Waals surface area contributed by atoms with Crippen LogP contribution in [0.1, 0.15) is 41.2 Å². The van der Waals surface area contributed by atoms with Crippen LogP contribution in [0.4, 0.5) is 5.69 Å². The molecule has 2 bridgehead atoms. The van der Waals surface area contributed by atoms with Crippen LogP contribution in [0, 0.1) is 24.7 Å². The van der Waals surface area contributed by atoms with Crippen LogP contribution >= 0.6 is 23.1 Å². The van der Waals surface area contributed by atoms with Gasteiger partial charge in [-0.1, -0.05) is 41.7 Å². The van der Waals surface area contributed by atoms with E-state index in [2.05, 4.69) is 17.4 Å². The van der Waals surface area contributed by atoms with E-state index in [1.54, 1.807) is 11.7 Å². The minimum absolute atomic E-state index is 0.0386. The number of para-hydroxylation sites is 1. The van der Waals surface area contributed by atoms with Gasteiger partial charge in [-0.2, -0.15) is 0 Å². The maximum Gasteiger partial charge on any atom is 0.308 e. The van der Waals surface area contributed by atoms with Gasteiger partial charge in [0.15, 0.2) is 0 Å². The third kappa shape index (κ3) is 3.60. The van der Waals surface area contributed by atoms with Crippen molar-refractivity contribution in [2.75, 3.05) is 12.4 Å². The predicted octanol–water partition coefficient (Wildman–Crippen LogP) is 5.52. The number of carbonyl (C=O) groups excluding carboxylic acids is 1. The SMILES string of the molecule is COc1ccc(C2c3sc(=O)n(CC(=O)Nc4ccccc4C)c3SC3C4CCC(C4)C23)cc1. The number of ether oxygens (including phenoxy) is 1. The predicted molar refractivity (Wildman–Crippen MR) is 137 cm³/mol. The number of amides is 1. The molecule has 1 aromatic heterocycles. The Kier molecular flexibility index (Phi) is 5.57. The molecular weight excluding hydrogens is 464 g/mol. The number of carbonyl (C=O) groups is 1. The van der Waals surface area contributed by atoms with Crippen molar-refractivity contribution >= 4 is 34.7 Å². The summed E-state index contributed by atoms with van der Waals surface area (Å²) < 4.78 is 7.11. The van der Waals surface area contributed by atoms with E-state index in [1.807, 2.05) is 55.1 Å². The lowest BCUT2D eigenvalue weighted by Gasteiger charge is -2.40. The van der Waals surface area contributed by atoms with Gasteiger partial charge in [-0.25, -0.2) is 0 Å². The zero-order valence-corrected chi connectivity index (χ0v) is 21.0. The molecule has 1 amide bonds. The molecule has 3 aliphatic rings. The molecule has 5 nitrogen and oxygen atoms in total. The standard InChI is InChI=1S/C27H28N2O3S2/c1-15-5-3-4-6-20(15)28-21(30)14-29-26-25(34-27(29)31)22(16-9-11-19(32-2)12-10-16)23-17-7-8-18(13-17)24(23)33-26/h3-6,9-12,17-18,22-24H,7-8,13-14H2,1-2H3,(H,28,30). The van der Waals surface area contributed by atoms with Crippen LogP contribution in [-0.2, 0) is 11.3 Å². The topological polar surface area (TPSA) is 60.3 Å². The van der Waals surface area contributed by atoms with Gasteiger partial charge in [-0.05, 0) is 73.3 Å². The number of rotatable bonds is 5. The Balaban J connectivity index is 1.37. The molecule has 1 N–H and O–H groups in total. The second-order valence-electron chi connectivity index (χ2n) is 9.73. The molecule has 2 aliphatic carbocycles. The first-order chi connectivity index (χ1) is 16.5. The minimum atomic E-state index is -0.159. The zero-order valence-electron chi connectivity index (χ0n) is 19.3. The molecule has 7 heteroatoms. The number of aromatic nitrogens is 1. The van der Waals surface area contributed by atoms with Gasteiger partial charge in [0.05, 0.1) is 12.1 Å². The molecule has 2 heterocycles. The number of methoxy groups -OCH3 is 1. The number of benzene rings is 2. The largest absolute Gasteiger partial charge is 0.497 e. The van der Waals surface area contributed by atoms with E-state index in [0.29, 0.717) is 17.1 Å². The lowest BCUT2D eigenvalue weighted by atomic mass is 9.75. The fraction of sp³-hybridized carbons (Fsp3) is 0.407. The van der Waals surface area contributed by atoms with E-state index < -0.39 is 0 Å². The second kappa shape index (κ2) is 8.61. The van der Waals surface area contributed by atoms with Crippen molar-refractivity contribution in [3.8, 4) is 5.75 Å². The third-order valence-electron chi connectivity index (χ3n) is 7.89. The van der Waals surface area contributed by atoms with E-state index in [-0.39, 0.29) is 23.2 Å². The molecule has 3 aromatic rings. The Morgan fingerprint density at radius 1 is 1.12 bits per heavy atom. The highest BCUT2D eigenvalue weighted by Gasteiger charge is 2.55. The first kappa shape index (κ1) is 22.0. The van der Waals surface area contributed by atoms with Gasteiger partial charge in [0.1, 0.15) is 12.3 Å². The number of fused-ring (bicyclic) bond motifs is 6. The van der Waals surface area contributed by atoms with Crippen molar-refractivity contribution in [2.45, 2.75) is 48.9 Å². The van der Waals surface area contributed by atoms with E-state index in [0.717, 1.165) is 32.8 Å². The van der Waals surface area contributed by atoms with E-state index in [9.17, 15) is 9.59 Å². The lowest BCUT2D eigenvalue weighted by Crippen LogP contribution is -2.34. The molecule has 0 saturated heterocycles. The van der Waals surface area contributed by atoms with Gasteiger partial charge in [0.2, 0.25) is 5.91 Å². The third-order valence-corrected chi connectivity index (χ3v) is 10.7. The summed E-state index contributed by atoms with van der Waals surface area (Å²) in [5.41, 5.74) is 3.05. The highest BCUT2D eigenvalue weighted by molar-refractivity contribution is 8.00. The minimum Gasteiger partial charge on any atom is -0.497 e. The molecule has 2 aromatic carbocycles. The van der Waals surface area contributed by atoms with Crippen molar-refractivity contribution in [1.82, 2.24) is 4.57 Å². The molecule has 5 atom stereocenters. The first-order valence-electron chi connectivity index (χ1n) is 11.9. The highest BCUT2D eigenvalue weighted by atomic mass is 32.2. The Morgan fingerprint density at radius 2 is 1.88 bits per heavy atom. The highest BCUT2D eigenvalue weighted by Crippen LogP contribution is 2.64. The van der Waals surface area contributed by atoms with Crippen LogP contribution in [0.25, 0.3) is 0 Å². The van der Waals surface area contributed by atoms with Crippen molar-refractivity contribution in [1.29, 1.82) is 0 Å². The number of nitrogens with one attached hydrogen (secondary N) is 1. The van der Waals surface area contributed by atoms with Crippen molar-refractivity contribution in [2.24, 2.45) is 17.8 Å². The summed E-state index contributed by atoms with van der Waals surface area (Å²) in [4.78, 5) is 27.3. The molecule has 2 fully saturated rings. The molecule has 5 unspecified atom stereocenters. The van der Waals surface area contributed by atoms with Crippen LogP contribution in [-0.4, -0.2) is 22.8 Å². The quantitative estimate of drug-likeness (QED) is 0.510. The van der Waals surface area contributed by atoms with E-state index in [1.165, 1.54) is 36.2 Å². The van der Waals surface area contributed by atoms with Crippen molar-refractivity contribution in [3.63, 3.8) is 0 Å². The molecule has 1 aliphatic heterocycles. The van der Waals surface area contributed by atoms with Crippen molar-refractivity contribution in [3.05, 3.63) is 74.2 Å². The van der Waals surface area contributed by atoms with Crippen molar-refractivity contribution < 1.29 is 9.53 Å². The molecule has 2 saturated carbocycles. The average Bonchev–Trinajstić information content (AvgIpc) is 3.54. The lowest BCUT2D eigenvalue weighted by molar-refractivity contribution is -0.116. The summed E-state index contributed by atoms with van der Waals surface area (Å²) in [7, 11) is 1.68. The average molecular weight is 493 g/mol. The normalized spacial score (nSPS) is 26.7. The fourth-order valence-corrected chi connectivity index (χ4v) is 9.47. The first-order valence-corrected chi connectivity index (χ1v) is 13.6. The van der Waals surface area contributed by atoms with Crippen LogP contribution in [0.2, 0.25) is 0 Å².